The number of fused-ring (bicyclic) bond motifs is 1. The quantitative estimate of drug-likeness (QED) is 0.607. The smallest absolute Gasteiger partial charge is 0.317 e. The Labute approximate surface area is 181 Å². The van der Waals surface area contributed by atoms with Gasteiger partial charge in [0.25, 0.3) is 0 Å². The van der Waals surface area contributed by atoms with E-state index in [0.717, 1.165) is 12.2 Å². The van der Waals surface area contributed by atoms with E-state index in [1.54, 1.807) is 11.0 Å². The second kappa shape index (κ2) is 8.41. The monoisotopic (exact) mass is 420 g/mol. The topological polar surface area (TPSA) is 67.5 Å². The minimum absolute atomic E-state index is 0.129. The molecule has 4 rings (SSSR count). The molecular formula is C24H28N4O3. The molecule has 0 saturated carbocycles. The van der Waals surface area contributed by atoms with Crippen molar-refractivity contribution >= 4 is 22.6 Å². The first-order valence-electron chi connectivity index (χ1n) is 10.7. The first-order valence-corrected chi connectivity index (χ1v) is 10.7. The van der Waals surface area contributed by atoms with Crippen molar-refractivity contribution in [3.63, 3.8) is 0 Å². The van der Waals surface area contributed by atoms with Crippen molar-refractivity contribution < 1.29 is 4.79 Å². The van der Waals surface area contributed by atoms with Gasteiger partial charge in [0.05, 0.1) is 11.0 Å². The SMILES string of the molecule is CCn1c(=O)c(=O)n(CC(=O)N2CCN(c3cccc(C)c3)C(C)C2)c2ccccc21. The number of piperazine rings is 1. The molecule has 0 spiro atoms. The van der Waals surface area contributed by atoms with Gasteiger partial charge in [0, 0.05) is 37.9 Å². The summed E-state index contributed by atoms with van der Waals surface area (Å²) in [4.78, 5) is 42.5. The second-order valence-electron chi connectivity index (χ2n) is 8.15. The predicted molar refractivity (Wildman–Crippen MR) is 123 cm³/mol. The van der Waals surface area contributed by atoms with Gasteiger partial charge in [-0.1, -0.05) is 24.3 Å². The van der Waals surface area contributed by atoms with Gasteiger partial charge in [0.15, 0.2) is 0 Å². The van der Waals surface area contributed by atoms with Crippen molar-refractivity contribution in [2.75, 3.05) is 24.5 Å². The van der Waals surface area contributed by atoms with Gasteiger partial charge in [-0.3, -0.25) is 19.0 Å². The standard InChI is InChI=1S/C24H28N4O3/c1-4-26-20-10-5-6-11-21(20)28(24(31)23(26)30)16-22(29)25-12-13-27(18(3)15-25)19-9-7-8-17(2)14-19/h5-11,14,18H,4,12-13,15-16H2,1-3H3. The van der Waals surface area contributed by atoms with E-state index in [0.29, 0.717) is 30.7 Å². The molecule has 0 N–H and O–H groups in total. The first-order chi connectivity index (χ1) is 14.9. The van der Waals surface area contributed by atoms with Crippen LogP contribution in [0.4, 0.5) is 5.69 Å². The Kier molecular flexibility index (Phi) is 5.67. The molecule has 1 unspecified atom stereocenters. The molecule has 1 aromatic heterocycles. The van der Waals surface area contributed by atoms with Gasteiger partial charge in [-0.25, -0.2) is 0 Å². The number of amides is 1. The van der Waals surface area contributed by atoms with Crippen LogP contribution >= 0.6 is 0 Å². The number of rotatable bonds is 4. The van der Waals surface area contributed by atoms with Crippen molar-refractivity contribution in [3.05, 3.63) is 74.8 Å². The fraction of sp³-hybridized carbons (Fsp3) is 0.375. The highest BCUT2D eigenvalue weighted by Gasteiger charge is 2.27. The van der Waals surface area contributed by atoms with Crippen LogP contribution in [0, 0.1) is 6.92 Å². The van der Waals surface area contributed by atoms with Gasteiger partial charge in [-0.2, -0.15) is 0 Å². The number of nitrogens with zero attached hydrogens (tertiary/aromatic N) is 4. The molecule has 3 aromatic rings. The summed E-state index contributed by atoms with van der Waals surface area (Å²) >= 11 is 0. The zero-order valence-electron chi connectivity index (χ0n) is 18.2. The van der Waals surface area contributed by atoms with E-state index in [2.05, 4.69) is 36.9 Å². The Balaban J connectivity index is 1.57. The Morgan fingerprint density at radius 2 is 1.65 bits per heavy atom. The number of carbonyl (C=O) groups is 1. The molecule has 2 heterocycles. The van der Waals surface area contributed by atoms with Gasteiger partial charge in [-0.15, -0.1) is 0 Å². The lowest BCUT2D eigenvalue weighted by Gasteiger charge is -2.41. The number of aryl methyl sites for hydroxylation is 2. The molecule has 0 bridgehead atoms. The zero-order valence-corrected chi connectivity index (χ0v) is 18.2. The van der Waals surface area contributed by atoms with Gasteiger partial charge in [0.2, 0.25) is 5.91 Å². The molecule has 7 nitrogen and oxygen atoms in total. The van der Waals surface area contributed by atoms with Gasteiger partial charge in [0.1, 0.15) is 6.54 Å². The summed E-state index contributed by atoms with van der Waals surface area (Å²) in [5.74, 6) is -0.142. The number of hydrogen-bond acceptors (Lipinski definition) is 4. The van der Waals surface area contributed by atoms with Crippen molar-refractivity contribution in [1.82, 2.24) is 14.0 Å². The van der Waals surface area contributed by atoms with Crippen LogP contribution in [0.15, 0.2) is 58.1 Å². The van der Waals surface area contributed by atoms with E-state index < -0.39 is 11.1 Å². The highest BCUT2D eigenvalue weighted by Crippen LogP contribution is 2.22. The number of para-hydroxylation sites is 2. The predicted octanol–water partition coefficient (Wildman–Crippen LogP) is 2.23. The molecule has 0 radical (unpaired) electrons. The zero-order chi connectivity index (χ0) is 22.1. The highest BCUT2D eigenvalue weighted by molar-refractivity contribution is 5.80. The number of aromatic nitrogens is 2. The van der Waals surface area contributed by atoms with E-state index in [-0.39, 0.29) is 18.5 Å². The fourth-order valence-corrected chi connectivity index (χ4v) is 4.45. The van der Waals surface area contributed by atoms with E-state index in [1.165, 1.54) is 14.7 Å². The lowest BCUT2D eigenvalue weighted by Crippen LogP contribution is -2.55. The highest BCUT2D eigenvalue weighted by atomic mass is 16.2. The molecule has 0 aliphatic carbocycles. The average molecular weight is 421 g/mol. The van der Waals surface area contributed by atoms with E-state index in [9.17, 15) is 14.4 Å². The molecule has 7 heteroatoms. The largest absolute Gasteiger partial charge is 0.365 e. The Morgan fingerprint density at radius 1 is 0.968 bits per heavy atom. The maximum absolute atomic E-state index is 13.1. The van der Waals surface area contributed by atoms with Crippen molar-refractivity contribution in [3.8, 4) is 0 Å². The van der Waals surface area contributed by atoms with Crippen molar-refractivity contribution in [2.24, 2.45) is 0 Å². The number of carbonyl (C=O) groups excluding carboxylic acids is 1. The van der Waals surface area contributed by atoms with Gasteiger partial charge in [-0.05, 0) is 50.6 Å². The van der Waals surface area contributed by atoms with Gasteiger partial charge >= 0.3 is 11.1 Å². The molecule has 1 amide bonds. The summed E-state index contributed by atoms with van der Waals surface area (Å²) in [6.07, 6.45) is 0. The van der Waals surface area contributed by atoms with Crippen LogP contribution < -0.4 is 16.0 Å². The molecule has 1 aliphatic rings. The van der Waals surface area contributed by atoms with Crippen LogP contribution in [0.2, 0.25) is 0 Å². The van der Waals surface area contributed by atoms with E-state index in [4.69, 9.17) is 0 Å². The van der Waals surface area contributed by atoms with E-state index >= 15 is 0 Å². The first kappa shape index (κ1) is 20.9. The van der Waals surface area contributed by atoms with Gasteiger partial charge < -0.3 is 14.4 Å². The van der Waals surface area contributed by atoms with Crippen LogP contribution in [0.1, 0.15) is 19.4 Å². The summed E-state index contributed by atoms with van der Waals surface area (Å²) < 4.78 is 2.78. The minimum atomic E-state index is -0.652. The Hall–Kier alpha value is -3.35. The number of hydrogen-bond donors (Lipinski definition) is 0. The van der Waals surface area contributed by atoms with E-state index in [1.807, 2.05) is 31.2 Å². The van der Waals surface area contributed by atoms with Crippen LogP contribution in [0.25, 0.3) is 11.0 Å². The molecule has 1 atom stereocenters. The van der Waals surface area contributed by atoms with Crippen molar-refractivity contribution in [1.29, 1.82) is 0 Å². The molecule has 1 saturated heterocycles. The summed E-state index contributed by atoms with van der Waals surface area (Å²) in [5.41, 5.74) is 2.39. The minimum Gasteiger partial charge on any atom is -0.365 e. The number of benzene rings is 2. The summed E-state index contributed by atoms with van der Waals surface area (Å²) in [5, 5.41) is 0. The van der Waals surface area contributed by atoms with Crippen LogP contribution in [0.5, 0.6) is 0 Å². The maximum Gasteiger partial charge on any atom is 0.317 e. The third-order valence-corrected chi connectivity index (χ3v) is 6.06. The molecule has 1 fully saturated rings. The molecular weight excluding hydrogens is 392 g/mol. The molecule has 31 heavy (non-hydrogen) atoms. The lowest BCUT2D eigenvalue weighted by molar-refractivity contribution is -0.132. The number of anilines is 1. The third-order valence-electron chi connectivity index (χ3n) is 6.06. The Morgan fingerprint density at radius 3 is 2.29 bits per heavy atom. The second-order valence-corrected chi connectivity index (χ2v) is 8.15. The Bertz CT molecular complexity index is 1240. The van der Waals surface area contributed by atoms with Crippen LogP contribution in [-0.2, 0) is 17.9 Å². The average Bonchev–Trinajstić information content (AvgIpc) is 2.77. The maximum atomic E-state index is 13.1. The van der Waals surface area contributed by atoms with Crippen molar-refractivity contribution in [2.45, 2.75) is 39.9 Å². The fourth-order valence-electron chi connectivity index (χ4n) is 4.45. The summed E-state index contributed by atoms with van der Waals surface area (Å²) in [6.45, 7) is 8.16. The lowest BCUT2D eigenvalue weighted by atomic mass is 10.1. The summed E-state index contributed by atoms with van der Waals surface area (Å²) in [7, 11) is 0. The van der Waals surface area contributed by atoms with Crippen LogP contribution in [-0.4, -0.2) is 45.6 Å². The van der Waals surface area contributed by atoms with Crippen LogP contribution in [0.3, 0.4) is 0 Å². The third kappa shape index (κ3) is 3.87. The summed E-state index contributed by atoms with van der Waals surface area (Å²) in [6, 6.07) is 15.8. The molecule has 162 valence electrons. The molecule has 1 aliphatic heterocycles. The normalized spacial score (nSPS) is 16.7. The molecule has 2 aromatic carbocycles.